The van der Waals surface area contributed by atoms with Crippen molar-refractivity contribution in [3.05, 3.63) is 22.4 Å². The molecule has 0 spiro atoms. The molecule has 68 valence electrons. The van der Waals surface area contributed by atoms with Crippen molar-refractivity contribution in [1.29, 1.82) is 0 Å². The van der Waals surface area contributed by atoms with Gasteiger partial charge < -0.3 is 0 Å². The molecule has 0 bridgehead atoms. The summed E-state index contributed by atoms with van der Waals surface area (Å²) >= 11 is 7.59. The minimum absolute atomic E-state index is 0.452. The molecule has 2 aromatic rings. The van der Waals surface area contributed by atoms with E-state index in [-0.39, 0.29) is 0 Å². The third-order valence-electron chi connectivity index (χ3n) is 1.77. The fourth-order valence-corrected chi connectivity index (χ4v) is 2.31. The van der Waals surface area contributed by atoms with Crippen molar-refractivity contribution >= 4 is 33.2 Å². The lowest BCUT2D eigenvalue weighted by molar-refractivity contribution is 0.856. The fourth-order valence-electron chi connectivity index (χ4n) is 1.09. The normalized spacial score (nSPS) is 11.4. The van der Waals surface area contributed by atoms with Crippen LogP contribution in [0.3, 0.4) is 0 Å². The van der Waals surface area contributed by atoms with E-state index in [2.05, 4.69) is 23.8 Å². The van der Waals surface area contributed by atoms with Gasteiger partial charge in [-0.25, -0.2) is 9.97 Å². The molecule has 0 aromatic carbocycles. The van der Waals surface area contributed by atoms with Gasteiger partial charge in [-0.1, -0.05) is 25.4 Å². The molecule has 2 nitrogen and oxygen atoms in total. The zero-order valence-corrected chi connectivity index (χ0v) is 8.99. The van der Waals surface area contributed by atoms with Crippen molar-refractivity contribution in [1.82, 2.24) is 9.97 Å². The Bertz CT molecular complexity index is 436. The Kier molecular flexibility index (Phi) is 2.22. The van der Waals surface area contributed by atoms with Crippen LogP contribution in [-0.4, -0.2) is 9.97 Å². The summed E-state index contributed by atoms with van der Waals surface area (Å²) in [4.78, 5) is 8.43. The molecule has 0 N–H and O–H groups in total. The molecule has 2 rings (SSSR count). The van der Waals surface area contributed by atoms with E-state index in [0.717, 1.165) is 15.2 Å². The maximum Gasteiger partial charge on any atom is 0.156 e. The van der Waals surface area contributed by atoms with Crippen molar-refractivity contribution in [3.63, 3.8) is 0 Å². The topological polar surface area (TPSA) is 25.8 Å². The SMILES string of the molecule is CC(C)c1nc2c(Cl)nccc2s1. The minimum atomic E-state index is 0.452. The molecule has 0 saturated carbocycles. The second kappa shape index (κ2) is 3.24. The fraction of sp³-hybridized carbons (Fsp3) is 0.333. The molecule has 0 fully saturated rings. The number of pyridine rings is 1. The van der Waals surface area contributed by atoms with Gasteiger partial charge in [-0.05, 0) is 6.07 Å². The molecular formula is C9H9ClN2S. The molecule has 13 heavy (non-hydrogen) atoms. The zero-order valence-electron chi connectivity index (χ0n) is 7.41. The van der Waals surface area contributed by atoms with E-state index in [1.165, 1.54) is 0 Å². The van der Waals surface area contributed by atoms with Crippen LogP contribution in [-0.2, 0) is 0 Å². The lowest BCUT2D eigenvalue weighted by Gasteiger charge is -1.94. The summed E-state index contributed by atoms with van der Waals surface area (Å²) in [7, 11) is 0. The second-order valence-electron chi connectivity index (χ2n) is 3.16. The molecule has 0 aliphatic heterocycles. The molecule has 0 aliphatic carbocycles. The van der Waals surface area contributed by atoms with Crippen LogP contribution in [0.15, 0.2) is 12.3 Å². The minimum Gasteiger partial charge on any atom is -0.242 e. The van der Waals surface area contributed by atoms with E-state index in [1.807, 2.05) is 6.07 Å². The van der Waals surface area contributed by atoms with Gasteiger partial charge in [-0.3, -0.25) is 0 Å². The third-order valence-corrected chi connectivity index (χ3v) is 3.37. The Morgan fingerprint density at radius 1 is 1.46 bits per heavy atom. The molecule has 0 saturated heterocycles. The number of halogens is 1. The summed E-state index contributed by atoms with van der Waals surface area (Å²) in [6.07, 6.45) is 1.72. The van der Waals surface area contributed by atoms with Gasteiger partial charge in [0, 0.05) is 12.1 Å². The van der Waals surface area contributed by atoms with Crippen molar-refractivity contribution in [2.45, 2.75) is 19.8 Å². The average Bonchev–Trinajstić information content (AvgIpc) is 2.49. The Hall–Kier alpha value is -0.670. The first-order valence-corrected chi connectivity index (χ1v) is 5.29. The van der Waals surface area contributed by atoms with Crippen LogP contribution < -0.4 is 0 Å². The van der Waals surface area contributed by atoms with Gasteiger partial charge in [-0.2, -0.15) is 0 Å². The highest BCUT2D eigenvalue weighted by atomic mass is 35.5. The lowest BCUT2D eigenvalue weighted by Crippen LogP contribution is -1.83. The smallest absolute Gasteiger partial charge is 0.156 e. The van der Waals surface area contributed by atoms with Gasteiger partial charge in [0.1, 0.15) is 5.52 Å². The van der Waals surface area contributed by atoms with Gasteiger partial charge in [0.05, 0.1) is 9.71 Å². The van der Waals surface area contributed by atoms with E-state index in [1.54, 1.807) is 17.5 Å². The van der Waals surface area contributed by atoms with Gasteiger partial charge in [-0.15, -0.1) is 11.3 Å². The lowest BCUT2D eigenvalue weighted by atomic mass is 10.2. The zero-order chi connectivity index (χ0) is 9.42. The number of hydrogen-bond donors (Lipinski definition) is 0. The predicted octanol–water partition coefficient (Wildman–Crippen LogP) is 3.47. The summed E-state index contributed by atoms with van der Waals surface area (Å²) < 4.78 is 1.11. The third kappa shape index (κ3) is 1.54. The van der Waals surface area contributed by atoms with Crippen molar-refractivity contribution in [3.8, 4) is 0 Å². The first-order chi connectivity index (χ1) is 6.18. The van der Waals surface area contributed by atoms with Crippen LogP contribution >= 0.6 is 22.9 Å². The second-order valence-corrected chi connectivity index (χ2v) is 4.58. The predicted molar refractivity (Wildman–Crippen MR) is 56.5 cm³/mol. The van der Waals surface area contributed by atoms with E-state index in [4.69, 9.17) is 11.6 Å². The maximum absolute atomic E-state index is 5.91. The first-order valence-electron chi connectivity index (χ1n) is 4.09. The summed E-state index contributed by atoms with van der Waals surface area (Å²) in [6.45, 7) is 4.25. The highest BCUT2D eigenvalue weighted by molar-refractivity contribution is 7.18. The standard InChI is InChI=1S/C9H9ClN2S/c1-5(2)9-12-7-6(13-9)3-4-11-8(7)10/h3-5H,1-2H3. The van der Waals surface area contributed by atoms with Gasteiger partial charge in [0.2, 0.25) is 0 Å². The largest absolute Gasteiger partial charge is 0.242 e. The number of nitrogens with zero attached hydrogens (tertiary/aromatic N) is 2. The van der Waals surface area contributed by atoms with Crippen molar-refractivity contribution < 1.29 is 0 Å². The molecule has 0 aliphatic rings. The highest BCUT2D eigenvalue weighted by Gasteiger charge is 2.09. The molecule has 0 amide bonds. The molecule has 4 heteroatoms. The van der Waals surface area contributed by atoms with Crippen LogP contribution in [0, 0.1) is 0 Å². The van der Waals surface area contributed by atoms with E-state index in [0.29, 0.717) is 11.1 Å². The van der Waals surface area contributed by atoms with E-state index < -0.39 is 0 Å². The van der Waals surface area contributed by atoms with Crippen molar-refractivity contribution in [2.75, 3.05) is 0 Å². The Morgan fingerprint density at radius 3 is 2.85 bits per heavy atom. The number of aromatic nitrogens is 2. The first kappa shape index (κ1) is 8.91. The van der Waals surface area contributed by atoms with Crippen LogP contribution in [0.4, 0.5) is 0 Å². The summed E-state index contributed by atoms with van der Waals surface area (Å²) in [5, 5.41) is 1.62. The van der Waals surface area contributed by atoms with Crippen LogP contribution in [0.25, 0.3) is 10.2 Å². The molecule has 0 unspecified atom stereocenters. The molecule has 0 radical (unpaired) electrons. The number of fused-ring (bicyclic) bond motifs is 1. The molecule has 2 aromatic heterocycles. The van der Waals surface area contributed by atoms with E-state index >= 15 is 0 Å². The van der Waals surface area contributed by atoms with Gasteiger partial charge >= 0.3 is 0 Å². The van der Waals surface area contributed by atoms with Crippen molar-refractivity contribution in [2.24, 2.45) is 0 Å². The Morgan fingerprint density at radius 2 is 2.23 bits per heavy atom. The van der Waals surface area contributed by atoms with Gasteiger partial charge in [0.25, 0.3) is 0 Å². The summed E-state index contributed by atoms with van der Waals surface area (Å²) in [5.41, 5.74) is 0.831. The van der Waals surface area contributed by atoms with Crippen LogP contribution in [0.1, 0.15) is 24.8 Å². The monoisotopic (exact) mass is 212 g/mol. The quantitative estimate of drug-likeness (QED) is 0.677. The Balaban J connectivity index is 2.68. The Labute approximate surface area is 85.6 Å². The highest BCUT2D eigenvalue weighted by Crippen LogP contribution is 2.29. The average molecular weight is 213 g/mol. The van der Waals surface area contributed by atoms with Crippen LogP contribution in [0.5, 0.6) is 0 Å². The van der Waals surface area contributed by atoms with E-state index in [9.17, 15) is 0 Å². The number of rotatable bonds is 1. The van der Waals surface area contributed by atoms with Gasteiger partial charge in [0.15, 0.2) is 5.15 Å². The number of hydrogen-bond acceptors (Lipinski definition) is 3. The maximum atomic E-state index is 5.91. The molecule has 2 heterocycles. The summed E-state index contributed by atoms with van der Waals surface area (Å²) in [5.74, 6) is 0.452. The summed E-state index contributed by atoms with van der Waals surface area (Å²) in [6, 6.07) is 1.95. The van der Waals surface area contributed by atoms with Crippen LogP contribution in [0.2, 0.25) is 5.15 Å². The molecular weight excluding hydrogens is 204 g/mol. The number of thiazole rings is 1. The molecule has 0 atom stereocenters.